The Labute approximate surface area is 165 Å². The highest BCUT2D eigenvalue weighted by atomic mass is 32.1. The van der Waals surface area contributed by atoms with Crippen molar-refractivity contribution in [1.82, 2.24) is 5.32 Å². The van der Waals surface area contributed by atoms with Gasteiger partial charge in [0.25, 0.3) is 0 Å². The molecule has 142 valence electrons. The standard InChI is InChI=1S/C21H25N3O2S/c1-15-6-3-4-7-19(15)26-14-16(2)22-21(27)23-17-9-11-18(12-10-17)24-13-5-8-20(24)25/h3-4,6-7,9-12,16H,5,8,13-14H2,1-2H3,(H2,22,23,27). The van der Waals surface area contributed by atoms with E-state index in [2.05, 4.69) is 10.6 Å². The van der Waals surface area contributed by atoms with E-state index >= 15 is 0 Å². The van der Waals surface area contributed by atoms with Crippen molar-refractivity contribution in [3.8, 4) is 5.75 Å². The van der Waals surface area contributed by atoms with Gasteiger partial charge in [0, 0.05) is 24.3 Å². The second kappa shape index (κ2) is 8.86. The van der Waals surface area contributed by atoms with Crippen molar-refractivity contribution in [3.63, 3.8) is 0 Å². The zero-order valence-electron chi connectivity index (χ0n) is 15.7. The van der Waals surface area contributed by atoms with Gasteiger partial charge in [0.1, 0.15) is 12.4 Å². The van der Waals surface area contributed by atoms with E-state index in [1.165, 1.54) is 0 Å². The highest BCUT2D eigenvalue weighted by Crippen LogP contribution is 2.23. The first kappa shape index (κ1) is 19.2. The summed E-state index contributed by atoms with van der Waals surface area (Å²) in [6.07, 6.45) is 1.56. The van der Waals surface area contributed by atoms with Crippen LogP contribution < -0.4 is 20.3 Å². The zero-order valence-corrected chi connectivity index (χ0v) is 16.5. The summed E-state index contributed by atoms with van der Waals surface area (Å²) in [4.78, 5) is 13.6. The Morgan fingerprint density at radius 1 is 1.22 bits per heavy atom. The minimum Gasteiger partial charge on any atom is -0.491 e. The molecule has 3 rings (SSSR count). The highest BCUT2D eigenvalue weighted by Gasteiger charge is 2.21. The molecule has 0 spiro atoms. The number of anilines is 2. The van der Waals surface area contributed by atoms with Crippen LogP contribution in [0.1, 0.15) is 25.3 Å². The lowest BCUT2D eigenvalue weighted by atomic mass is 10.2. The summed E-state index contributed by atoms with van der Waals surface area (Å²) in [6, 6.07) is 15.8. The molecule has 0 bridgehead atoms. The summed E-state index contributed by atoms with van der Waals surface area (Å²) < 4.78 is 5.85. The van der Waals surface area contributed by atoms with Crippen LogP contribution in [0.3, 0.4) is 0 Å². The Bertz CT molecular complexity index is 807. The average Bonchev–Trinajstić information content (AvgIpc) is 3.07. The number of carbonyl (C=O) groups is 1. The van der Waals surface area contributed by atoms with E-state index in [1.54, 1.807) is 0 Å². The molecule has 1 saturated heterocycles. The van der Waals surface area contributed by atoms with E-state index in [0.29, 0.717) is 18.1 Å². The third-order valence-electron chi connectivity index (χ3n) is 4.47. The largest absolute Gasteiger partial charge is 0.491 e. The Morgan fingerprint density at radius 2 is 1.96 bits per heavy atom. The van der Waals surface area contributed by atoms with Crippen LogP contribution in [0.15, 0.2) is 48.5 Å². The first-order valence-electron chi connectivity index (χ1n) is 9.19. The molecular weight excluding hydrogens is 358 g/mol. The molecule has 6 heteroatoms. The number of nitrogens with one attached hydrogen (secondary N) is 2. The lowest BCUT2D eigenvalue weighted by Gasteiger charge is -2.19. The predicted octanol–water partition coefficient (Wildman–Crippen LogP) is 3.88. The second-order valence-electron chi connectivity index (χ2n) is 6.77. The molecule has 2 aromatic rings. The van der Waals surface area contributed by atoms with Crippen LogP contribution in [-0.2, 0) is 4.79 Å². The van der Waals surface area contributed by atoms with Gasteiger partial charge >= 0.3 is 0 Å². The number of benzene rings is 2. The van der Waals surface area contributed by atoms with E-state index in [9.17, 15) is 4.79 Å². The van der Waals surface area contributed by atoms with Crippen LogP contribution in [0.25, 0.3) is 0 Å². The summed E-state index contributed by atoms with van der Waals surface area (Å²) in [7, 11) is 0. The molecule has 1 fully saturated rings. The molecule has 1 unspecified atom stereocenters. The minimum atomic E-state index is 0.0612. The maximum Gasteiger partial charge on any atom is 0.227 e. The Hall–Kier alpha value is -2.60. The number of ether oxygens (including phenoxy) is 1. The molecule has 27 heavy (non-hydrogen) atoms. The number of amides is 1. The fourth-order valence-corrected chi connectivity index (χ4v) is 3.33. The third-order valence-corrected chi connectivity index (χ3v) is 4.69. The smallest absolute Gasteiger partial charge is 0.227 e. The van der Waals surface area contributed by atoms with Crippen molar-refractivity contribution in [2.75, 3.05) is 23.4 Å². The molecule has 1 atom stereocenters. The number of hydrogen-bond donors (Lipinski definition) is 2. The molecule has 1 heterocycles. The van der Waals surface area contributed by atoms with Crippen LogP contribution in [0.4, 0.5) is 11.4 Å². The third kappa shape index (κ3) is 5.20. The maximum atomic E-state index is 11.8. The van der Waals surface area contributed by atoms with Crippen molar-refractivity contribution >= 4 is 34.6 Å². The van der Waals surface area contributed by atoms with Gasteiger partial charge in [-0.2, -0.15) is 0 Å². The quantitative estimate of drug-likeness (QED) is 0.742. The fourth-order valence-electron chi connectivity index (χ4n) is 3.01. The monoisotopic (exact) mass is 383 g/mol. The van der Waals surface area contributed by atoms with Gasteiger partial charge in [-0.05, 0) is 68.4 Å². The normalized spacial score (nSPS) is 14.7. The Kier molecular flexibility index (Phi) is 6.29. The van der Waals surface area contributed by atoms with Gasteiger partial charge in [0.15, 0.2) is 5.11 Å². The number of nitrogens with zero attached hydrogens (tertiary/aromatic N) is 1. The number of rotatable bonds is 6. The molecule has 0 saturated carbocycles. The van der Waals surface area contributed by atoms with Crippen LogP contribution >= 0.6 is 12.2 Å². The predicted molar refractivity (Wildman–Crippen MR) is 114 cm³/mol. The number of para-hydroxylation sites is 1. The average molecular weight is 384 g/mol. The van der Waals surface area contributed by atoms with Gasteiger partial charge in [-0.25, -0.2) is 0 Å². The second-order valence-corrected chi connectivity index (χ2v) is 7.18. The summed E-state index contributed by atoms with van der Waals surface area (Å²) in [5.74, 6) is 1.08. The Morgan fingerprint density at radius 3 is 2.63 bits per heavy atom. The molecule has 1 aliphatic heterocycles. The van der Waals surface area contributed by atoms with E-state index < -0.39 is 0 Å². The van der Waals surface area contributed by atoms with Crippen LogP contribution in [0.2, 0.25) is 0 Å². The van der Waals surface area contributed by atoms with E-state index in [0.717, 1.165) is 35.7 Å². The van der Waals surface area contributed by atoms with Crippen molar-refractivity contribution < 1.29 is 9.53 Å². The number of thiocarbonyl (C=S) groups is 1. The first-order valence-corrected chi connectivity index (χ1v) is 9.60. The van der Waals surface area contributed by atoms with Gasteiger partial charge in [-0.15, -0.1) is 0 Å². The van der Waals surface area contributed by atoms with E-state index in [-0.39, 0.29) is 11.9 Å². The van der Waals surface area contributed by atoms with Crippen molar-refractivity contribution in [3.05, 3.63) is 54.1 Å². The molecule has 5 nitrogen and oxygen atoms in total. The van der Waals surface area contributed by atoms with Gasteiger partial charge < -0.3 is 20.3 Å². The van der Waals surface area contributed by atoms with E-state index in [1.807, 2.05) is 67.3 Å². The molecule has 0 aliphatic carbocycles. The number of aryl methyl sites for hydroxylation is 1. The molecule has 0 aromatic heterocycles. The highest BCUT2D eigenvalue weighted by molar-refractivity contribution is 7.80. The molecule has 1 amide bonds. The van der Waals surface area contributed by atoms with Crippen molar-refractivity contribution in [1.29, 1.82) is 0 Å². The number of hydrogen-bond acceptors (Lipinski definition) is 3. The van der Waals surface area contributed by atoms with Gasteiger partial charge in [0.2, 0.25) is 5.91 Å². The van der Waals surface area contributed by atoms with Crippen LogP contribution in [-0.4, -0.2) is 30.2 Å². The van der Waals surface area contributed by atoms with Crippen molar-refractivity contribution in [2.45, 2.75) is 32.7 Å². The van der Waals surface area contributed by atoms with Crippen LogP contribution in [0, 0.1) is 6.92 Å². The first-order chi connectivity index (χ1) is 13.0. The number of carbonyl (C=O) groups excluding carboxylic acids is 1. The topological polar surface area (TPSA) is 53.6 Å². The van der Waals surface area contributed by atoms with Crippen molar-refractivity contribution in [2.24, 2.45) is 0 Å². The van der Waals surface area contributed by atoms with E-state index in [4.69, 9.17) is 17.0 Å². The molecular formula is C21H25N3O2S. The maximum absolute atomic E-state index is 11.8. The van der Waals surface area contributed by atoms with Gasteiger partial charge in [-0.3, -0.25) is 4.79 Å². The van der Waals surface area contributed by atoms with Gasteiger partial charge in [0.05, 0.1) is 6.04 Å². The fraction of sp³-hybridized carbons (Fsp3) is 0.333. The zero-order chi connectivity index (χ0) is 19.2. The lowest BCUT2D eigenvalue weighted by molar-refractivity contribution is -0.117. The minimum absolute atomic E-state index is 0.0612. The summed E-state index contributed by atoms with van der Waals surface area (Å²) >= 11 is 5.39. The summed E-state index contributed by atoms with van der Waals surface area (Å²) in [5.41, 5.74) is 2.93. The van der Waals surface area contributed by atoms with Gasteiger partial charge in [-0.1, -0.05) is 18.2 Å². The molecule has 2 aromatic carbocycles. The lowest BCUT2D eigenvalue weighted by Crippen LogP contribution is -2.39. The van der Waals surface area contributed by atoms with Crippen LogP contribution in [0.5, 0.6) is 5.75 Å². The summed E-state index contributed by atoms with van der Waals surface area (Å²) in [6.45, 7) is 5.36. The SMILES string of the molecule is Cc1ccccc1OCC(C)NC(=S)Nc1ccc(N2CCCC2=O)cc1. The molecule has 1 aliphatic rings. The molecule has 0 radical (unpaired) electrons. The Balaban J connectivity index is 1.47. The molecule has 2 N–H and O–H groups in total. The summed E-state index contributed by atoms with van der Waals surface area (Å²) in [5, 5.41) is 6.94.